The molecule has 0 fully saturated rings. The Bertz CT molecular complexity index is 191. The van der Waals surface area contributed by atoms with E-state index in [1.54, 1.807) is 6.92 Å². The SMILES string of the molecule is CCCCOOS(=O)(=O)OCC.N. The molecule has 0 aliphatic heterocycles. The van der Waals surface area contributed by atoms with Gasteiger partial charge >= 0.3 is 10.4 Å². The maximum Gasteiger partial charge on any atom is 0.426 e. The monoisotopic (exact) mass is 215 g/mol. The molecule has 6 nitrogen and oxygen atoms in total. The minimum Gasteiger partial charge on any atom is -0.344 e. The van der Waals surface area contributed by atoms with Crippen LogP contribution in [0.4, 0.5) is 0 Å². The molecule has 7 heteroatoms. The standard InChI is InChI=1S/C6H14O5S.H3N/c1-3-5-6-9-11-12(7,8)10-4-2;/h3-6H2,1-2H3;1H3. The normalized spacial score (nSPS) is 10.9. The summed E-state index contributed by atoms with van der Waals surface area (Å²) in [5.74, 6) is 0. The second-order valence-electron chi connectivity index (χ2n) is 2.06. The summed E-state index contributed by atoms with van der Waals surface area (Å²) in [6.07, 6.45) is 1.67. The van der Waals surface area contributed by atoms with Crippen LogP contribution in [0.5, 0.6) is 0 Å². The molecule has 0 aromatic carbocycles. The highest BCUT2D eigenvalue weighted by atomic mass is 32.3. The van der Waals surface area contributed by atoms with Gasteiger partial charge in [-0.25, -0.2) is 9.07 Å². The minimum absolute atomic E-state index is 0. The van der Waals surface area contributed by atoms with E-state index in [4.69, 9.17) is 0 Å². The second-order valence-corrected chi connectivity index (χ2v) is 3.25. The van der Waals surface area contributed by atoms with E-state index in [-0.39, 0.29) is 19.4 Å². The Balaban J connectivity index is 0. The fourth-order valence-electron chi connectivity index (χ4n) is 0.460. The van der Waals surface area contributed by atoms with E-state index in [2.05, 4.69) is 13.4 Å². The van der Waals surface area contributed by atoms with E-state index >= 15 is 0 Å². The van der Waals surface area contributed by atoms with Crippen molar-refractivity contribution in [3.8, 4) is 0 Å². The number of hydrogen-bond acceptors (Lipinski definition) is 6. The summed E-state index contributed by atoms with van der Waals surface area (Å²) in [4.78, 5) is 4.38. The molecule has 0 amide bonds. The number of rotatable bonds is 7. The van der Waals surface area contributed by atoms with E-state index in [9.17, 15) is 8.42 Å². The Kier molecular flexibility index (Phi) is 9.86. The summed E-state index contributed by atoms with van der Waals surface area (Å²) < 4.78 is 29.5. The molecule has 0 saturated heterocycles. The van der Waals surface area contributed by atoms with Crippen LogP contribution in [0.1, 0.15) is 26.7 Å². The maximum absolute atomic E-state index is 10.6. The highest BCUT2D eigenvalue weighted by Crippen LogP contribution is 1.97. The first-order valence-corrected chi connectivity index (χ1v) is 5.16. The van der Waals surface area contributed by atoms with Crippen molar-refractivity contribution in [3.05, 3.63) is 0 Å². The lowest BCUT2D eigenvalue weighted by Crippen LogP contribution is -2.10. The van der Waals surface area contributed by atoms with Gasteiger partial charge in [-0.15, -0.1) is 0 Å². The van der Waals surface area contributed by atoms with Gasteiger partial charge in [-0.05, 0) is 13.3 Å². The first-order chi connectivity index (χ1) is 5.62. The van der Waals surface area contributed by atoms with Crippen molar-refractivity contribution in [1.82, 2.24) is 6.15 Å². The molecular weight excluding hydrogens is 198 g/mol. The summed E-state index contributed by atoms with van der Waals surface area (Å²) in [5, 5.41) is 0. The molecule has 82 valence electrons. The zero-order valence-corrected chi connectivity index (χ0v) is 8.80. The molecule has 0 aliphatic rings. The van der Waals surface area contributed by atoms with E-state index in [1.807, 2.05) is 6.92 Å². The number of unbranched alkanes of at least 4 members (excludes halogenated alkanes) is 1. The topological polar surface area (TPSA) is 96.8 Å². The highest BCUT2D eigenvalue weighted by Gasteiger charge is 2.10. The molecule has 0 bridgehead atoms. The third kappa shape index (κ3) is 9.71. The zero-order chi connectivity index (χ0) is 9.45. The van der Waals surface area contributed by atoms with Crippen LogP contribution in [0, 0.1) is 0 Å². The molecular formula is C6H17NO5S. The summed E-state index contributed by atoms with van der Waals surface area (Å²) in [5.41, 5.74) is 0. The van der Waals surface area contributed by atoms with Crippen molar-refractivity contribution >= 4 is 10.4 Å². The average molecular weight is 215 g/mol. The van der Waals surface area contributed by atoms with Crippen molar-refractivity contribution in [2.75, 3.05) is 13.2 Å². The average Bonchev–Trinajstić information content (AvgIpc) is 1.98. The summed E-state index contributed by atoms with van der Waals surface area (Å²) in [6.45, 7) is 3.80. The lowest BCUT2D eigenvalue weighted by atomic mass is 10.4. The highest BCUT2D eigenvalue weighted by molar-refractivity contribution is 7.81. The van der Waals surface area contributed by atoms with Gasteiger partial charge < -0.3 is 6.15 Å². The van der Waals surface area contributed by atoms with Crippen LogP contribution in [0.25, 0.3) is 0 Å². The summed E-state index contributed by atoms with van der Waals surface area (Å²) in [7, 11) is -3.93. The summed E-state index contributed by atoms with van der Waals surface area (Å²) in [6, 6.07) is 0. The third-order valence-corrected chi connectivity index (χ3v) is 1.76. The Hall–Kier alpha value is -0.210. The van der Waals surface area contributed by atoms with Gasteiger partial charge in [0.1, 0.15) is 0 Å². The van der Waals surface area contributed by atoms with E-state index in [1.165, 1.54) is 0 Å². The molecule has 0 saturated carbocycles. The van der Waals surface area contributed by atoms with Gasteiger partial charge in [-0.1, -0.05) is 17.7 Å². The molecule has 0 aromatic rings. The van der Waals surface area contributed by atoms with Crippen LogP contribution in [-0.2, 0) is 23.8 Å². The molecule has 13 heavy (non-hydrogen) atoms. The lowest BCUT2D eigenvalue weighted by molar-refractivity contribution is -0.210. The van der Waals surface area contributed by atoms with Crippen LogP contribution in [0.15, 0.2) is 0 Å². The van der Waals surface area contributed by atoms with E-state index < -0.39 is 10.4 Å². The van der Waals surface area contributed by atoms with Gasteiger partial charge in [0.25, 0.3) is 0 Å². The Morgan fingerprint density at radius 1 is 1.23 bits per heavy atom. The first-order valence-electron chi connectivity index (χ1n) is 3.82. The molecule has 0 atom stereocenters. The van der Waals surface area contributed by atoms with Crippen molar-refractivity contribution in [3.63, 3.8) is 0 Å². The Labute approximate surface area is 79.0 Å². The largest absolute Gasteiger partial charge is 0.426 e. The molecule has 0 spiro atoms. The lowest BCUT2D eigenvalue weighted by Gasteiger charge is -2.02. The van der Waals surface area contributed by atoms with Crippen LogP contribution < -0.4 is 6.15 Å². The van der Waals surface area contributed by atoms with Gasteiger partial charge in [0.15, 0.2) is 0 Å². The van der Waals surface area contributed by atoms with Crippen LogP contribution in [-0.4, -0.2) is 21.6 Å². The maximum atomic E-state index is 10.6. The van der Waals surface area contributed by atoms with Gasteiger partial charge in [-0.2, -0.15) is 8.42 Å². The van der Waals surface area contributed by atoms with Gasteiger partial charge in [0.05, 0.1) is 13.2 Å². The summed E-state index contributed by atoms with van der Waals surface area (Å²) >= 11 is 0. The quantitative estimate of drug-likeness (QED) is 0.389. The van der Waals surface area contributed by atoms with Crippen LogP contribution in [0.2, 0.25) is 0 Å². The van der Waals surface area contributed by atoms with E-state index in [0.717, 1.165) is 12.8 Å². The predicted molar refractivity (Wildman–Crippen MR) is 47.5 cm³/mol. The minimum atomic E-state index is -3.93. The molecule has 0 aromatic heterocycles. The smallest absolute Gasteiger partial charge is 0.344 e. The van der Waals surface area contributed by atoms with Crippen LogP contribution in [0.3, 0.4) is 0 Å². The van der Waals surface area contributed by atoms with Gasteiger partial charge in [0.2, 0.25) is 0 Å². The second kappa shape index (κ2) is 8.39. The van der Waals surface area contributed by atoms with E-state index in [0.29, 0.717) is 0 Å². The molecule has 0 rings (SSSR count). The zero-order valence-electron chi connectivity index (χ0n) is 7.99. The van der Waals surface area contributed by atoms with Crippen molar-refractivity contribution < 1.29 is 21.8 Å². The van der Waals surface area contributed by atoms with Crippen molar-refractivity contribution in [2.24, 2.45) is 0 Å². The molecule has 0 radical (unpaired) electrons. The molecule has 0 unspecified atom stereocenters. The fourth-order valence-corrected chi connectivity index (χ4v) is 0.974. The first kappa shape index (κ1) is 15.3. The molecule has 0 aliphatic carbocycles. The van der Waals surface area contributed by atoms with Crippen molar-refractivity contribution in [1.29, 1.82) is 0 Å². The fraction of sp³-hybridized carbons (Fsp3) is 1.00. The van der Waals surface area contributed by atoms with Gasteiger partial charge in [-0.3, -0.25) is 0 Å². The van der Waals surface area contributed by atoms with Gasteiger partial charge in [0, 0.05) is 0 Å². The number of hydrogen-bond donors (Lipinski definition) is 1. The Morgan fingerprint density at radius 3 is 2.31 bits per heavy atom. The van der Waals surface area contributed by atoms with Crippen LogP contribution >= 0.6 is 0 Å². The Morgan fingerprint density at radius 2 is 1.85 bits per heavy atom. The molecule has 0 heterocycles. The predicted octanol–water partition coefficient (Wildman–Crippen LogP) is 1.18. The third-order valence-electron chi connectivity index (χ3n) is 0.975. The van der Waals surface area contributed by atoms with Crippen molar-refractivity contribution in [2.45, 2.75) is 26.7 Å². The molecule has 3 N–H and O–H groups in total.